The molecule has 0 N–H and O–H groups in total. The van der Waals surface area contributed by atoms with Crippen molar-refractivity contribution in [2.75, 3.05) is 0 Å². The highest BCUT2D eigenvalue weighted by Crippen LogP contribution is 2.36. The molecule has 0 heteroatoms. The van der Waals surface area contributed by atoms with Gasteiger partial charge in [-0.25, -0.2) is 0 Å². The van der Waals surface area contributed by atoms with Crippen LogP contribution >= 0.6 is 0 Å². The van der Waals surface area contributed by atoms with E-state index in [0.29, 0.717) is 5.41 Å². The van der Waals surface area contributed by atoms with Crippen molar-refractivity contribution in [2.24, 2.45) is 17.3 Å². The Labute approximate surface area is 77.7 Å². The van der Waals surface area contributed by atoms with Crippen LogP contribution in [0.5, 0.6) is 0 Å². The van der Waals surface area contributed by atoms with Gasteiger partial charge in [0.2, 0.25) is 0 Å². The van der Waals surface area contributed by atoms with Gasteiger partial charge in [0.15, 0.2) is 0 Å². The van der Waals surface area contributed by atoms with Crippen LogP contribution in [0.4, 0.5) is 0 Å². The average Bonchev–Trinajstić information content (AvgIpc) is 1.82. The molecule has 1 aliphatic carbocycles. The van der Waals surface area contributed by atoms with E-state index in [4.69, 9.17) is 0 Å². The van der Waals surface area contributed by atoms with Gasteiger partial charge in [-0.2, -0.15) is 0 Å². The van der Waals surface area contributed by atoms with Gasteiger partial charge in [-0.05, 0) is 30.1 Å². The summed E-state index contributed by atoms with van der Waals surface area (Å²) in [6, 6.07) is 0. The largest absolute Gasteiger partial charge is 0.0625 e. The van der Waals surface area contributed by atoms with E-state index >= 15 is 0 Å². The lowest BCUT2D eigenvalue weighted by atomic mass is 9.74. The quantitative estimate of drug-likeness (QED) is 0.549. The lowest BCUT2D eigenvalue weighted by Crippen LogP contribution is -2.19. The zero-order valence-corrected chi connectivity index (χ0v) is 9.19. The molecular formula is C12H24. The van der Waals surface area contributed by atoms with Gasteiger partial charge in [0.05, 0.1) is 0 Å². The van der Waals surface area contributed by atoms with Gasteiger partial charge in [0, 0.05) is 0 Å². The first-order valence-electron chi connectivity index (χ1n) is 5.47. The van der Waals surface area contributed by atoms with Gasteiger partial charge < -0.3 is 0 Å². The van der Waals surface area contributed by atoms with E-state index in [1.807, 2.05) is 0 Å². The summed E-state index contributed by atoms with van der Waals surface area (Å²) in [4.78, 5) is 0. The normalized spacial score (nSPS) is 32.0. The highest BCUT2D eigenvalue weighted by molar-refractivity contribution is 4.75. The zero-order chi connectivity index (χ0) is 9.19. The minimum absolute atomic E-state index is 0.543. The van der Waals surface area contributed by atoms with Crippen molar-refractivity contribution in [2.45, 2.75) is 59.8 Å². The van der Waals surface area contributed by atoms with Gasteiger partial charge in [-0.3, -0.25) is 0 Å². The molecular weight excluding hydrogens is 144 g/mol. The minimum atomic E-state index is 0.543. The average molecular weight is 168 g/mol. The molecule has 0 spiro atoms. The third-order valence-corrected chi connectivity index (χ3v) is 2.95. The van der Waals surface area contributed by atoms with Gasteiger partial charge in [-0.1, -0.05) is 47.0 Å². The molecule has 0 aliphatic heterocycles. The third-order valence-electron chi connectivity index (χ3n) is 2.95. The van der Waals surface area contributed by atoms with E-state index in [-0.39, 0.29) is 0 Å². The van der Waals surface area contributed by atoms with Crippen molar-refractivity contribution in [3.05, 3.63) is 0 Å². The van der Waals surface area contributed by atoms with Crippen molar-refractivity contribution in [1.82, 2.24) is 0 Å². The van der Waals surface area contributed by atoms with E-state index in [1.54, 1.807) is 0 Å². The Morgan fingerprint density at radius 3 is 2.33 bits per heavy atom. The maximum Gasteiger partial charge on any atom is -0.0380 e. The number of hydrogen-bond acceptors (Lipinski definition) is 0. The zero-order valence-electron chi connectivity index (χ0n) is 9.19. The van der Waals surface area contributed by atoms with Crippen LogP contribution in [0.3, 0.4) is 0 Å². The predicted molar refractivity (Wildman–Crippen MR) is 55.2 cm³/mol. The summed E-state index contributed by atoms with van der Waals surface area (Å²) in [7, 11) is 0. The first-order valence-corrected chi connectivity index (χ1v) is 5.47. The molecule has 0 amide bonds. The molecule has 0 aromatic rings. The lowest BCUT2D eigenvalue weighted by Gasteiger charge is -2.31. The Balaban J connectivity index is 2.32. The monoisotopic (exact) mass is 168 g/mol. The fourth-order valence-electron chi connectivity index (χ4n) is 2.61. The topological polar surface area (TPSA) is 0 Å². The lowest BCUT2D eigenvalue weighted by molar-refractivity contribution is 0.205. The van der Waals surface area contributed by atoms with Crippen molar-refractivity contribution in [3.63, 3.8) is 0 Å². The van der Waals surface area contributed by atoms with Gasteiger partial charge in [0.25, 0.3) is 0 Å². The summed E-state index contributed by atoms with van der Waals surface area (Å²) in [5.74, 6) is 2.01. The van der Waals surface area contributed by atoms with Crippen LogP contribution in [0.1, 0.15) is 59.8 Å². The second-order valence-corrected chi connectivity index (χ2v) is 5.90. The van der Waals surface area contributed by atoms with Crippen molar-refractivity contribution < 1.29 is 0 Å². The first kappa shape index (κ1) is 10.1. The van der Waals surface area contributed by atoms with Gasteiger partial charge in [0.1, 0.15) is 0 Å². The van der Waals surface area contributed by atoms with Crippen LogP contribution in [0.2, 0.25) is 0 Å². The summed E-state index contributed by atoms with van der Waals surface area (Å²) >= 11 is 0. The van der Waals surface area contributed by atoms with Crippen LogP contribution in [-0.2, 0) is 0 Å². The number of hydrogen-bond donors (Lipinski definition) is 0. The van der Waals surface area contributed by atoms with Crippen LogP contribution in [0, 0.1) is 17.3 Å². The van der Waals surface area contributed by atoms with Gasteiger partial charge in [-0.15, -0.1) is 0 Å². The summed E-state index contributed by atoms with van der Waals surface area (Å²) in [5.41, 5.74) is 0.543. The molecule has 0 saturated heterocycles. The predicted octanol–water partition coefficient (Wildman–Crippen LogP) is 4.25. The molecule has 1 rings (SSSR count). The molecule has 1 aliphatic rings. The van der Waals surface area contributed by atoms with Crippen molar-refractivity contribution in [3.8, 4) is 0 Å². The molecule has 0 aromatic heterocycles. The molecule has 0 bridgehead atoms. The Morgan fingerprint density at radius 1 is 1.17 bits per heavy atom. The molecule has 2 atom stereocenters. The molecule has 0 radical (unpaired) electrons. The number of rotatable bonds is 1. The maximum absolute atomic E-state index is 2.41. The maximum atomic E-state index is 2.41. The molecule has 0 aromatic carbocycles. The highest BCUT2D eigenvalue weighted by Gasteiger charge is 2.23. The summed E-state index contributed by atoms with van der Waals surface area (Å²) in [6.45, 7) is 9.51. The third kappa shape index (κ3) is 3.60. The summed E-state index contributed by atoms with van der Waals surface area (Å²) < 4.78 is 0. The molecule has 0 unspecified atom stereocenters. The molecule has 0 nitrogen and oxygen atoms in total. The van der Waals surface area contributed by atoms with E-state index in [1.165, 1.54) is 32.1 Å². The minimum Gasteiger partial charge on any atom is -0.0625 e. The highest BCUT2D eigenvalue weighted by atomic mass is 14.3. The summed E-state index contributed by atoms with van der Waals surface area (Å²) in [5, 5.41) is 0. The fourth-order valence-corrected chi connectivity index (χ4v) is 2.61. The van der Waals surface area contributed by atoms with E-state index < -0.39 is 0 Å². The van der Waals surface area contributed by atoms with E-state index in [9.17, 15) is 0 Å². The first-order chi connectivity index (χ1) is 5.47. The molecule has 1 saturated carbocycles. The van der Waals surface area contributed by atoms with Crippen LogP contribution in [0.15, 0.2) is 0 Å². The Kier molecular flexibility index (Phi) is 3.20. The van der Waals surface area contributed by atoms with E-state index in [2.05, 4.69) is 27.7 Å². The Morgan fingerprint density at radius 2 is 1.83 bits per heavy atom. The van der Waals surface area contributed by atoms with Crippen LogP contribution < -0.4 is 0 Å². The standard InChI is InChI=1S/C12H24/c1-10-6-5-7-11(8-10)9-12(2,3)4/h10-11H,5-9H2,1-4H3/t10-,11+/m1/s1. The van der Waals surface area contributed by atoms with E-state index in [0.717, 1.165) is 11.8 Å². The Hall–Kier alpha value is 0. The fraction of sp³-hybridized carbons (Fsp3) is 1.00. The summed E-state index contributed by atoms with van der Waals surface area (Å²) in [6.07, 6.45) is 7.35. The van der Waals surface area contributed by atoms with Crippen LogP contribution in [0.25, 0.3) is 0 Å². The smallest absolute Gasteiger partial charge is 0.0380 e. The second kappa shape index (κ2) is 3.81. The Bertz CT molecular complexity index is 129. The second-order valence-electron chi connectivity index (χ2n) is 5.90. The molecule has 72 valence electrons. The van der Waals surface area contributed by atoms with Crippen molar-refractivity contribution in [1.29, 1.82) is 0 Å². The van der Waals surface area contributed by atoms with Crippen LogP contribution in [-0.4, -0.2) is 0 Å². The van der Waals surface area contributed by atoms with Gasteiger partial charge >= 0.3 is 0 Å². The van der Waals surface area contributed by atoms with Crippen molar-refractivity contribution >= 4 is 0 Å². The molecule has 1 fully saturated rings. The molecule has 12 heavy (non-hydrogen) atoms. The SMILES string of the molecule is C[C@@H]1CCC[C@H](CC(C)(C)C)C1. The molecule has 0 heterocycles.